The van der Waals surface area contributed by atoms with Crippen LogP contribution >= 0.6 is 0 Å². The van der Waals surface area contributed by atoms with Gasteiger partial charge in [0, 0.05) is 24.8 Å². The summed E-state index contributed by atoms with van der Waals surface area (Å²) in [7, 11) is 0. The van der Waals surface area contributed by atoms with Crippen LogP contribution in [0.4, 0.5) is 5.69 Å². The highest BCUT2D eigenvalue weighted by Crippen LogP contribution is 2.24. The average molecular weight is 274 g/mol. The predicted molar refractivity (Wildman–Crippen MR) is 84.3 cm³/mol. The van der Waals surface area contributed by atoms with Gasteiger partial charge in [-0.25, -0.2) is 0 Å². The first kappa shape index (κ1) is 14.9. The first-order valence-electron chi connectivity index (χ1n) is 7.79. The fourth-order valence-electron chi connectivity index (χ4n) is 2.81. The van der Waals surface area contributed by atoms with E-state index in [1.807, 2.05) is 17.0 Å². The highest BCUT2D eigenvalue weighted by atomic mass is 16.2. The average Bonchev–Trinajstić information content (AvgIpc) is 2.45. The van der Waals surface area contributed by atoms with Gasteiger partial charge in [-0.1, -0.05) is 13.0 Å². The monoisotopic (exact) mass is 274 g/mol. The zero-order valence-corrected chi connectivity index (χ0v) is 12.9. The van der Waals surface area contributed by atoms with Crippen LogP contribution in [0.15, 0.2) is 18.2 Å². The zero-order chi connectivity index (χ0) is 14.5. The molecule has 1 fully saturated rings. The molecule has 1 aromatic rings. The molecule has 1 unspecified atom stereocenters. The van der Waals surface area contributed by atoms with Crippen molar-refractivity contribution in [3.8, 4) is 0 Å². The molecule has 0 bridgehead atoms. The van der Waals surface area contributed by atoms with Gasteiger partial charge in [0.05, 0.1) is 5.56 Å². The normalized spacial score (nSPS) is 18.9. The number of nitrogens with one attached hydrogen (secondary N) is 1. The third-order valence-corrected chi connectivity index (χ3v) is 4.03. The largest absolute Gasteiger partial charge is 0.384 e. The second kappa shape index (κ2) is 6.78. The van der Waals surface area contributed by atoms with E-state index >= 15 is 0 Å². The van der Waals surface area contributed by atoms with Gasteiger partial charge in [0.1, 0.15) is 0 Å². The number of hydrogen-bond donors (Lipinski definition) is 1. The van der Waals surface area contributed by atoms with Gasteiger partial charge in [-0.3, -0.25) is 4.79 Å². The molecule has 1 aromatic carbocycles. The van der Waals surface area contributed by atoms with Crippen LogP contribution in [0.3, 0.4) is 0 Å². The highest BCUT2D eigenvalue weighted by molar-refractivity contribution is 6.00. The predicted octanol–water partition coefficient (Wildman–Crippen LogP) is 3.83. The van der Waals surface area contributed by atoms with Crippen molar-refractivity contribution in [2.24, 2.45) is 0 Å². The molecule has 0 radical (unpaired) electrons. The standard InChI is InChI=1S/C17H26N2O/c1-4-10-18-16-12-13(2)8-9-15(16)17(20)19-11-6-5-7-14(19)3/h8-9,12,14,18H,4-7,10-11H2,1-3H3. The van der Waals surface area contributed by atoms with E-state index < -0.39 is 0 Å². The van der Waals surface area contributed by atoms with E-state index in [1.165, 1.54) is 12.0 Å². The van der Waals surface area contributed by atoms with Crippen LogP contribution < -0.4 is 5.32 Å². The molecule has 1 saturated heterocycles. The number of amides is 1. The summed E-state index contributed by atoms with van der Waals surface area (Å²) in [6.45, 7) is 8.15. The van der Waals surface area contributed by atoms with Gasteiger partial charge in [-0.15, -0.1) is 0 Å². The molecule has 0 aliphatic carbocycles. The quantitative estimate of drug-likeness (QED) is 0.905. The van der Waals surface area contributed by atoms with Crippen LogP contribution in [0, 0.1) is 6.92 Å². The van der Waals surface area contributed by atoms with Crippen molar-refractivity contribution in [2.45, 2.75) is 52.5 Å². The molecule has 0 aromatic heterocycles. The number of aryl methyl sites for hydroxylation is 1. The van der Waals surface area contributed by atoms with Gasteiger partial charge in [-0.05, 0) is 57.2 Å². The van der Waals surface area contributed by atoms with Gasteiger partial charge in [-0.2, -0.15) is 0 Å². The topological polar surface area (TPSA) is 32.3 Å². The molecule has 110 valence electrons. The lowest BCUT2D eigenvalue weighted by atomic mass is 10.0. The van der Waals surface area contributed by atoms with Gasteiger partial charge in [0.2, 0.25) is 0 Å². The molecule has 1 N–H and O–H groups in total. The van der Waals surface area contributed by atoms with E-state index in [0.717, 1.165) is 43.6 Å². The van der Waals surface area contributed by atoms with Crippen LogP contribution in [0.1, 0.15) is 55.5 Å². The molecule has 3 heteroatoms. The van der Waals surface area contributed by atoms with Crippen molar-refractivity contribution in [3.05, 3.63) is 29.3 Å². The van der Waals surface area contributed by atoms with Gasteiger partial charge in [0.15, 0.2) is 0 Å². The highest BCUT2D eigenvalue weighted by Gasteiger charge is 2.25. The molecule has 2 rings (SSSR count). The van der Waals surface area contributed by atoms with Crippen LogP contribution in [-0.4, -0.2) is 29.9 Å². The zero-order valence-electron chi connectivity index (χ0n) is 12.9. The Morgan fingerprint density at radius 2 is 2.20 bits per heavy atom. The van der Waals surface area contributed by atoms with Crippen molar-refractivity contribution >= 4 is 11.6 Å². The molecule has 1 atom stereocenters. The van der Waals surface area contributed by atoms with E-state index in [1.54, 1.807) is 0 Å². The number of likely N-dealkylation sites (tertiary alicyclic amines) is 1. The summed E-state index contributed by atoms with van der Waals surface area (Å²) in [5.41, 5.74) is 2.99. The molecule has 1 heterocycles. The number of piperidine rings is 1. The van der Waals surface area contributed by atoms with Gasteiger partial charge in [0.25, 0.3) is 5.91 Å². The van der Waals surface area contributed by atoms with Crippen LogP contribution in [0.25, 0.3) is 0 Å². The molecular weight excluding hydrogens is 248 g/mol. The van der Waals surface area contributed by atoms with Crippen molar-refractivity contribution in [3.63, 3.8) is 0 Å². The summed E-state index contributed by atoms with van der Waals surface area (Å²) in [6, 6.07) is 6.43. The molecule has 20 heavy (non-hydrogen) atoms. The lowest BCUT2D eigenvalue weighted by Gasteiger charge is -2.34. The minimum absolute atomic E-state index is 0.177. The number of hydrogen-bond acceptors (Lipinski definition) is 2. The van der Waals surface area contributed by atoms with Crippen molar-refractivity contribution < 1.29 is 4.79 Å². The van der Waals surface area contributed by atoms with Crippen molar-refractivity contribution in [2.75, 3.05) is 18.4 Å². The Labute approximate surface area is 122 Å². The Hall–Kier alpha value is -1.51. The fraction of sp³-hybridized carbons (Fsp3) is 0.588. The smallest absolute Gasteiger partial charge is 0.256 e. The lowest BCUT2D eigenvalue weighted by Crippen LogP contribution is -2.42. The van der Waals surface area contributed by atoms with E-state index in [4.69, 9.17) is 0 Å². The number of carbonyl (C=O) groups is 1. The van der Waals surface area contributed by atoms with E-state index in [0.29, 0.717) is 6.04 Å². The van der Waals surface area contributed by atoms with E-state index in [9.17, 15) is 4.79 Å². The Balaban J connectivity index is 2.23. The minimum Gasteiger partial charge on any atom is -0.384 e. The van der Waals surface area contributed by atoms with Crippen molar-refractivity contribution in [1.82, 2.24) is 4.90 Å². The summed E-state index contributed by atoms with van der Waals surface area (Å²) in [4.78, 5) is 14.8. The Bertz CT molecular complexity index is 470. The first-order chi connectivity index (χ1) is 9.63. The van der Waals surface area contributed by atoms with Gasteiger partial charge >= 0.3 is 0 Å². The Morgan fingerprint density at radius 1 is 1.40 bits per heavy atom. The minimum atomic E-state index is 0.177. The summed E-state index contributed by atoms with van der Waals surface area (Å²) in [5, 5.41) is 3.39. The van der Waals surface area contributed by atoms with E-state index in [-0.39, 0.29) is 5.91 Å². The molecule has 1 aliphatic heterocycles. The number of nitrogens with zero attached hydrogens (tertiary/aromatic N) is 1. The SMILES string of the molecule is CCCNc1cc(C)ccc1C(=O)N1CCCCC1C. The Kier molecular flexibility index (Phi) is 5.05. The van der Waals surface area contributed by atoms with Crippen molar-refractivity contribution in [1.29, 1.82) is 0 Å². The molecule has 1 aliphatic rings. The number of rotatable bonds is 4. The maximum absolute atomic E-state index is 12.8. The third kappa shape index (κ3) is 3.33. The molecule has 0 spiro atoms. The fourth-order valence-corrected chi connectivity index (χ4v) is 2.81. The summed E-state index contributed by atoms with van der Waals surface area (Å²) in [5.74, 6) is 0.177. The number of carbonyl (C=O) groups excluding carboxylic acids is 1. The van der Waals surface area contributed by atoms with Crippen LogP contribution in [0.2, 0.25) is 0 Å². The third-order valence-electron chi connectivity index (χ3n) is 4.03. The van der Waals surface area contributed by atoms with Crippen LogP contribution in [0.5, 0.6) is 0 Å². The molecule has 1 amide bonds. The lowest BCUT2D eigenvalue weighted by molar-refractivity contribution is 0.0636. The molecule has 3 nitrogen and oxygen atoms in total. The Morgan fingerprint density at radius 3 is 2.90 bits per heavy atom. The summed E-state index contributed by atoms with van der Waals surface area (Å²) in [6.07, 6.45) is 4.54. The number of anilines is 1. The second-order valence-corrected chi connectivity index (χ2v) is 5.82. The summed E-state index contributed by atoms with van der Waals surface area (Å²) < 4.78 is 0. The molecular formula is C17H26N2O. The maximum Gasteiger partial charge on any atom is 0.256 e. The first-order valence-corrected chi connectivity index (χ1v) is 7.79. The number of benzene rings is 1. The van der Waals surface area contributed by atoms with Crippen LogP contribution in [-0.2, 0) is 0 Å². The van der Waals surface area contributed by atoms with Gasteiger partial charge < -0.3 is 10.2 Å². The summed E-state index contributed by atoms with van der Waals surface area (Å²) >= 11 is 0. The maximum atomic E-state index is 12.8. The van der Waals surface area contributed by atoms with E-state index in [2.05, 4.69) is 32.2 Å². The second-order valence-electron chi connectivity index (χ2n) is 5.82. The molecule has 0 saturated carbocycles.